The van der Waals surface area contributed by atoms with Gasteiger partial charge in [0.25, 0.3) is 5.91 Å². The Hall–Kier alpha value is -3.62. The Balaban J connectivity index is 1.40. The van der Waals surface area contributed by atoms with E-state index in [1.807, 2.05) is 36.9 Å². The van der Waals surface area contributed by atoms with Crippen LogP contribution >= 0.6 is 0 Å². The molecule has 1 aliphatic heterocycles. The molecule has 0 saturated carbocycles. The van der Waals surface area contributed by atoms with Crippen molar-refractivity contribution in [1.82, 2.24) is 25.0 Å². The summed E-state index contributed by atoms with van der Waals surface area (Å²) in [5, 5.41) is 12.3. The molecule has 0 bridgehead atoms. The lowest BCUT2D eigenvalue weighted by Crippen LogP contribution is -2.44. The number of rotatable bonds is 6. The van der Waals surface area contributed by atoms with E-state index >= 15 is 0 Å². The van der Waals surface area contributed by atoms with Crippen molar-refractivity contribution in [3.8, 4) is 0 Å². The van der Waals surface area contributed by atoms with Crippen LogP contribution in [0.1, 0.15) is 58.9 Å². The Labute approximate surface area is 205 Å². The topological polar surface area (TPSA) is 118 Å². The minimum absolute atomic E-state index is 0.0795. The van der Waals surface area contributed by atoms with Gasteiger partial charge in [-0.2, -0.15) is 5.10 Å². The highest BCUT2D eigenvalue weighted by atomic mass is 16.2. The number of anilines is 1. The first-order valence-corrected chi connectivity index (χ1v) is 12.5. The maximum absolute atomic E-state index is 13.0. The third-order valence-electron chi connectivity index (χ3n) is 7.33. The van der Waals surface area contributed by atoms with Gasteiger partial charge in [0.1, 0.15) is 0 Å². The highest BCUT2D eigenvalue weighted by molar-refractivity contribution is 5.95. The highest BCUT2D eigenvalue weighted by Gasteiger charge is 2.24. The predicted molar refractivity (Wildman–Crippen MR) is 135 cm³/mol. The second kappa shape index (κ2) is 9.56. The molecule has 5 rings (SSSR count). The Morgan fingerprint density at radius 1 is 1.17 bits per heavy atom. The van der Waals surface area contributed by atoms with Crippen molar-refractivity contribution in [3.05, 3.63) is 52.3 Å². The first-order valence-electron chi connectivity index (χ1n) is 12.5. The molecule has 2 aromatic heterocycles. The standard InChI is InChI=1S/C26H33N7O2/c1-3-33-24-22(15-29-33)23(31-20-9-11-32(12-10-20)26(27)35)21(16(2)30-24)14-28-25(34)19-8-7-17-5-4-6-18(17)13-19/h7-8,13,15,20H,3-6,9-12,14H2,1-2H3,(H2,27,35)(H,28,34)(H,30,31). The molecular formula is C26H33N7O2. The number of benzene rings is 1. The number of carbonyl (C=O) groups excluding carboxylic acids is 2. The van der Waals surface area contributed by atoms with Crippen LogP contribution < -0.4 is 16.4 Å². The molecule has 3 heterocycles. The lowest BCUT2D eigenvalue weighted by atomic mass is 10.0. The van der Waals surface area contributed by atoms with Gasteiger partial charge in [-0.25, -0.2) is 14.5 Å². The lowest BCUT2D eigenvalue weighted by molar-refractivity contribution is 0.0951. The molecule has 9 nitrogen and oxygen atoms in total. The molecule has 1 fully saturated rings. The first-order chi connectivity index (χ1) is 16.9. The largest absolute Gasteiger partial charge is 0.381 e. The SMILES string of the molecule is CCn1ncc2c(NC3CCN(C(N)=O)CC3)c(CNC(=O)c3ccc4c(c3)CCC4)c(C)nc21. The number of piperidine rings is 1. The fourth-order valence-corrected chi connectivity index (χ4v) is 5.29. The highest BCUT2D eigenvalue weighted by Crippen LogP contribution is 2.31. The van der Waals surface area contributed by atoms with Crippen LogP contribution in [0.4, 0.5) is 10.5 Å². The van der Waals surface area contributed by atoms with Gasteiger partial charge in [-0.3, -0.25) is 4.79 Å². The Bertz CT molecular complexity index is 1270. The number of hydrogen-bond donors (Lipinski definition) is 3. The molecule has 0 spiro atoms. The van der Waals surface area contributed by atoms with E-state index in [9.17, 15) is 9.59 Å². The molecular weight excluding hydrogens is 442 g/mol. The van der Waals surface area contributed by atoms with Crippen molar-refractivity contribution >= 4 is 28.7 Å². The monoisotopic (exact) mass is 475 g/mol. The summed E-state index contributed by atoms with van der Waals surface area (Å²) in [6, 6.07) is 5.85. The van der Waals surface area contributed by atoms with Crippen LogP contribution in [0, 0.1) is 6.92 Å². The molecule has 2 aliphatic rings. The first kappa shape index (κ1) is 23.1. The van der Waals surface area contributed by atoms with Crippen LogP contribution in [-0.4, -0.2) is 50.7 Å². The smallest absolute Gasteiger partial charge is 0.314 e. The van der Waals surface area contributed by atoms with E-state index in [1.165, 1.54) is 11.1 Å². The molecule has 184 valence electrons. The normalized spacial score (nSPS) is 15.9. The summed E-state index contributed by atoms with van der Waals surface area (Å²) in [6.45, 7) is 6.36. The van der Waals surface area contributed by atoms with E-state index < -0.39 is 0 Å². The number of carbonyl (C=O) groups is 2. The number of nitrogens with two attached hydrogens (primary N) is 1. The van der Waals surface area contributed by atoms with Crippen LogP contribution in [0.3, 0.4) is 0 Å². The summed E-state index contributed by atoms with van der Waals surface area (Å²) in [7, 11) is 0. The maximum atomic E-state index is 13.0. The second-order valence-electron chi connectivity index (χ2n) is 9.51. The van der Waals surface area contributed by atoms with Crippen molar-refractivity contribution in [2.24, 2.45) is 5.73 Å². The molecule has 0 unspecified atom stereocenters. The molecule has 1 aromatic carbocycles. The van der Waals surface area contributed by atoms with Gasteiger partial charge in [-0.05, 0) is 69.2 Å². The van der Waals surface area contributed by atoms with Gasteiger partial charge in [0, 0.05) is 49.0 Å². The number of aromatic nitrogens is 3. The van der Waals surface area contributed by atoms with Gasteiger partial charge in [-0.15, -0.1) is 0 Å². The van der Waals surface area contributed by atoms with Gasteiger partial charge >= 0.3 is 6.03 Å². The van der Waals surface area contributed by atoms with Crippen molar-refractivity contribution < 1.29 is 9.59 Å². The third-order valence-corrected chi connectivity index (χ3v) is 7.33. The van der Waals surface area contributed by atoms with E-state index in [-0.39, 0.29) is 18.0 Å². The average Bonchev–Trinajstić information content (AvgIpc) is 3.49. The average molecular weight is 476 g/mol. The number of fused-ring (bicyclic) bond motifs is 2. The number of pyridine rings is 1. The number of urea groups is 1. The zero-order valence-corrected chi connectivity index (χ0v) is 20.4. The predicted octanol–water partition coefficient (Wildman–Crippen LogP) is 3.13. The Morgan fingerprint density at radius 2 is 1.94 bits per heavy atom. The van der Waals surface area contributed by atoms with E-state index in [4.69, 9.17) is 10.7 Å². The Kier molecular flexibility index (Phi) is 6.32. The fraction of sp³-hybridized carbons (Fsp3) is 0.462. The van der Waals surface area contributed by atoms with Gasteiger partial charge in [0.05, 0.1) is 17.3 Å². The van der Waals surface area contributed by atoms with Gasteiger partial charge in [-0.1, -0.05) is 6.07 Å². The summed E-state index contributed by atoms with van der Waals surface area (Å²) in [4.78, 5) is 31.1. The molecule has 1 aliphatic carbocycles. The molecule has 0 radical (unpaired) electrons. The van der Waals surface area contributed by atoms with Crippen molar-refractivity contribution in [2.75, 3.05) is 18.4 Å². The number of hydrogen-bond acceptors (Lipinski definition) is 5. The lowest BCUT2D eigenvalue weighted by Gasteiger charge is -2.32. The van der Waals surface area contributed by atoms with E-state index in [1.54, 1.807) is 4.90 Å². The summed E-state index contributed by atoms with van der Waals surface area (Å²) < 4.78 is 1.89. The minimum atomic E-state index is -0.371. The van der Waals surface area contributed by atoms with Crippen LogP contribution in [0.15, 0.2) is 24.4 Å². The number of aryl methyl sites for hydroxylation is 4. The van der Waals surface area contributed by atoms with E-state index in [2.05, 4.69) is 21.8 Å². The maximum Gasteiger partial charge on any atom is 0.314 e. The molecule has 35 heavy (non-hydrogen) atoms. The van der Waals surface area contributed by atoms with Gasteiger partial charge in [0.2, 0.25) is 0 Å². The Morgan fingerprint density at radius 3 is 2.69 bits per heavy atom. The van der Waals surface area contributed by atoms with Gasteiger partial charge in [0.15, 0.2) is 5.65 Å². The van der Waals surface area contributed by atoms with Crippen LogP contribution in [0.5, 0.6) is 0 Å². The fourth-order valence-electron chi connectivity index (χ4n) is 5.29. The minimum Gasteiger partial charge on any atom is -0.381 e. The van der Waals surface area contributed by atoms with Crippen LogP contribution in [0.2, 0.25) is 0 Å². The molecule has 3 aromatic rings. The third kappa shape index (κ3) is 4.54. The number of nitrogens with zero attached hydrogens (tertiary/aromatic N) is 4. The summed E-state index contributed by atoms with van der Waals surface area (Å²) in [5.74, 6) is -0.0795. The molecule has 3 amide bonds. The van der Waals surface area contributed by atoms with E-state index in [0.717, 1.165) is 66.6 Å². The molecule has 1 saturated heterocycles. The molecule has 4 N–H and O–H groups in total. The summed E-state index contributed by atoms with van der Waals surface area (Å²) >= 11 is 0. The number of likely N-dealkylation sites (tertiary alicyclic amines) is 1. The number of amides is 3. The number of primary amides is 1. The summed E-state index contributed by atoms with van der Waals surface area (Å²) in [6.07, 6.45) is 6.74. The zero-order chi connectivity index (χ0) is 24.5. The molecule has 0 atom stereocenters. The van der Waals surface area contributed by atoms with Crippen LogP contribution in [-0.2, 0) is 25.9 Å². The van der Waals surface area contributed by atoms with Gasteiger partial charge < -0.3 is 21.3 Å². The van der Waals surface area contributed by atoms with Crippen molar-refractivity contribution in [1.29, 1.82) is 0 Å². The van der Waals surface area contributed by atoms with Crippen molar-refractivity contribution in [3.63, 3.8) is 0 Å². The zero-order valence-electron chi connectivity index (χ0n) is 20.4. The molecule has 9 heteroatoms. The quantitative estimate of drug-likeness (QED) is 0.506. The van der Waals surface area contributed by atoms with Crippen molar-refractivity contribution in [2.45, 2.75) is 65.1 Å². The number of nitrogens with one attached hydrogen (secondary N) is 2. The van der Waals surface area contributed by atoms with E-state index in [0.29, 0.717) is 25.2 Å². The second-order valence-corrected chi connectivity index (χ2v) is 9.51. The summed E-state index contributed by atoms with van der Waals surface area (Å²) in [5.41, 5.74) is 12.4. The van der Waals surface area contributed by atoms with Crippen LogP contribution in [0.25, 0.3) is 11.0 Å².